The molecular formula is C19H31Cl2N3O2. The number of halogens is 2. The summed E-state index contributed by atoms with van der Waals surface area (Å²) >= 11 is 0. The summed E-state index contributed by atoms with van der Waals surface area (Å²) in [6, 6.07) is 8.59. The smallest absolute Gasteiger partial charge is 0.250 e. The molecule has 0 bridgehead atoms. The number of benzene rings is 1. The Morgan fingerprint density at radius 2 is 2.00 bits per heavy atom. The van der Waals surface area contributed by atoms with Crippen LogP contribution in [-0.2, 0) is 22.6 Å². The number of carbonyl (C=O) groups excluding carboxylic acids is 1. The Balaban J connectivity index is 0.00000169. The summed E-state index contributed by atoms with van der Waals surface area (Å²) in [5, 5.41) is 6.13. The second-order valence-electron chi connectivity index (χ2n) is 7.08. The van der Waals surface area contributed by atoms with Gasteiger partial charge in [0.1, 0.15) is 6.10 Å². The van der Waals surface area contributed by atoms with Crippen LogP contribution in [0.4, 0.5) is 0 Å². The monoisotopic (exact) mass is 403 g/mol. The highest BCUT2D eigenvalue weighted by Gasteiger charge is 2.21. The molecule has 2 aliphatic heterocycles. The first kappa shape index (κ1) is 23.2. The molecule has 0 aromatic heterocycles. The molecule has 26 heavy (non-hydrogen) atoms. The fourth-order valence-electron chi connectivity index (χ4n) is 3.49. The van der Waals surface area contributed by atoms with Crippen molar-refractivity contribution in [3.05, 3.63) is 35.4 Å². The molecule has 7 heteroatoms. The lowest BCUT2D eigenvalue weighted by Gasteiger charge is -2.30. The van der Waals surface area contributed by atoms with E-state index in [4.69, 9.17) is 4.74 Å². The summed E-state index contributed by atoms with van der Waals surface area (Å²) in [6.45, 7) is 8.34. The van der Waals surface area contributed by atoms with Crippen LogP contribution in [0, 0.1) is 5.92 Å². The minimum atomic E-state index is -0.362. The maximum atomic E-state index is 12.0. The third-order valence-electron chi connectivity index (χ3n) is 4.86. The quantitative estimate of drug-likeness (QED) is 0.791. The van der Waals surface area contributed by atoms with Crippen LogP contribution >= 0.6 is 24.8 Å². The van der Waals surface area contributed by atoms with Crippen LogP contribution in [0.15, 0.2) is 24.3 Å². The molecule has 2 atom stereocenters. The van der Waals surface area contributed by atoms with Gasteiger partial charge in [0.15, 0.2) is 0 Å². The first-order valence-electron chi connectivity index (χ1n) is 9.11. The second-order valence-corrected chi connectivity index (χ2v) is 7.08. The topological polar surface area (TPSA) is 53.6 Å². The van der Waals surface area contributed by atoms with Crippen molar-refractivity contribution < 1.29 is 9.53 Å². The minimum absolute atomic E-state index is 0. The summed E-state index contributed by atoms with van der Waals surface area (Å²) in [5.41, 5.74) is 2.47. The normalized spacial score (nSPS) is 23.4. The van der Waals surface area contributed by atoms with Gasteiger partial charge in [0.2, 0.25) is 0 Å². The number of hydrogen-bond donors (Lipinski definition) is 2. The molecule has 2 aliphatic rings. The fourth-order valence-corrected chi connectivity index (χ4v) is 3.49. The van der Waals surface area contributed by atoms with Crippen molar-refractivity contribution in [2.24, 2.45) is 5.92 Å². The lowest BCUT2D eigenvalue weighted by molar-refractivity contribution is -0.134. The van der Waals surface area contributed by atoms with Gasteiger partial charge in [-0.3, -0.25) is 9.69 Å². The lowest BCUT2D eigenvalue weighted by atomic mass is 9.99. The number of nitrogens with zero attached hydrogens (tertiary/aromatic N) is 1. The van der Waals surface area contributed by atoms with Crippen molar-refractivity contribution in [1.82, 2.24) is 15.5 Å². The number of ether oxygens (including phenoxy) is 1. The zero-order chi connectivity index (χ0) is 16.8. The van der Waals surface area contributed by atoms with E-state index in [1.54, 1.807) is 0 Å². The van der Waals surface area contributed by atoms with Crippen LogP contribution in [0.2, 0.25) is 0 Å². The summed E-state index contributed by atoms with van der Waals surface area (Å²) in [5.74, 6) is 0.776. The first-order valence-corrected chi connectivity index (χ1v) is 9.11. The molecule has 0 radical (unpaired) electrons. The van der Waals surface area contributed by atoms with Gasteiger partial charge in [0.25, 0.3) is 5.91 Å². The van der Waals surface area contributed by atoms with E-state index in [9.17, 15) is 4.79 Å². The van der Waals surface area contributed by atoms with E-state index in [-0.39, 0.29) is 36.8 Å². The first-order chi connectivity index (χ1) is 11.7. The number of morpholine rings is 1. The van der Waals surface area contributed by atoms with E-state index in [1.165, 1.54) is 31.5 Å². The minimum Gasteiger partial charge on any atom is -0.366 e. The Kier molecular flexibility index (Phi) is 10.5. The van der Waals surface area contributed by atoms with Crippen LogP contribution in [-0.4, -0.2) is 49.7 Å². The Morgan fingerprint density at radius 1 is 1.27 bits per heavy atom. The molecule has 2 unspecified atom stereocenters. The third-order valence-corrected chi connectivity index (χ3v) is 4.86. The molecule has 2 saturated heterocycles. The second kappa shape index (κ2) is 11.8. The number of amides is 1. The number of nitrogens with one attached hydrogen (secondary N) is 2. The van der Waals surface area contributed by atoms with Gasteiger partial charge in [-0.25, -0.2) is 0 Å². The molecule has 1 aromatic carbocycles. The highest BCUT2D eigenvalue weighted by Crippen LogP contribution is 2.18. The van der Waals surface area contributed by atoms with Crippen molar-refractivity contribution in [3.63, 3.8) is 0 Å². The Morgan fingerprint density at radius 3 is 2.65 bits per heavy atom. The molecule has 3 rings (SSSR count). The zero-order valence-corrected chi connectivity index (χ0v) is 17.0. The number of carbonyl (C=O) groups is 1. The lowest BCUT2D eigenvalue weighted by Crippen LogP contribution is -2.47. The van der Waals surface area contributed by atoms with Gasteiger partial charge in [-0.05, 0) is 36.4 Å². The van der Waals surface area contributed by atoms with Crippen LogP contribution in [0.3, 0.4) is 0 Å². The highest BCUT2D eigenvalue weighted by molar-refractivity contribution is 5.85. The highest BCUT2D eigenvalue weighted by atomic mass is 35.5. The molecule has 5 nitrogen and oxygen atoms in total. The molecule has 1 aromatic rings. The standard InChI is InChI=1S/C19H29N3O2.2ClH/c1-15-3-2-9-22(13-15)14-17-6-4-16(5-7-17)11-21-19(23)18-12-20-8-10-24-18;;/h4-7,15,18,20H,2-3,8-14H2,1H3,(H,21,23);2*1H. The van der Waals surface area contributed by atoms with Crippen LogP contribution in [0.5, 0.6) is 0 Å². The number of likely N-dealkylation sites (tertiary alicyclic amines) is 1. The summed E-state index contributed by atoms with van der Waals surface area (Å²) in [4.78, 5) is 14.6. The molecule has 0 saturated carbocycles. The molecule has 2 fully saturated rings. The Labute approximate surface area is 169 Å². The van der Waals surface area contributed by atoms with E-state index >= 15 is 0 Å². The number of piperidine rings is 1. The Bertz CT molecular complexity index is 536. The summed E-state index contributed by atoms with van der Waals surface area (Å²) < 4.78 is 5.46. The average Bonchev–Trinajstić information content (AvgIpc) is 2.62. The van der Waals surface area contributed by atoms with Crippen molar-refractivity contribution in [1.29, 1.82) is 0 Å². The van der Waals surface area contributed by atoms with Crippen LogP contribution in [0.1, 0.15) is 30.9 Å². The van der Waals surface area contributed by atoms with E-state index in [0.717, 1.165) is 24.6 Å². The largest absolute Gasteiger partial charge is 0.366 e. The van der Waals surface area contributed by atoms with Crippen molar-refractivity contribution in [2.45, 2.75) is 39.0 Å². The number of hydrogen-bond acceptors (Lipinski definition) is 4. The molecule has 2 N–H and O–H groups in total. The number of rotatable bonds is 5. The van der Waals surface area contributed by atoms with Crippen LogP contribution < -0.4 is 10.6 Å². The van der Waals surface area contributed by atoms with E-state index in [0.29, 0.717) is 19.7 Å². The van der Waals surface area contributed by atoms with Crippen molar-refractivity contribution in [2.75, 3.05) is 32.8 Å². The van der Waals surface area contributed by atoms with Gasteiger partial charge >= 0.3 is 0 Å². The van der Waals surface area contributed by atoms with Gasteiger partial charge in [0.05, 0.1) is 6.61 Å². The molecule has 0 spiro atoms. The predicted octanol–water partition coefficient (Wildman–Crippen LogP) is 2.37. The van der Waals surface area contributed by atoms with Gasteiger partial charge in [-0.2, -0.15) is 0 Å². The maximum Gasteiger partial charge on any atom is 0.250 e. The third kappa shape index (κ3) is 7.05. The zero-order valence-electron chi connectivity index (χ0n) is 15.4. The maximum absolute atomic E-state index is 12.0. The Hall–Kier alpha value is -0.850. The molecule has 2 heterocycles. The van der Waals surface area contributed by atoms with Gasteiger partial charge < -0.3 is 15.4 Å². The molecule has 0 aliphatic carbocycles. The van der Waals surface area contributed by atoms with E-state index in [1.807, 2.05) is 0 Å². The predicted molar refractivity (Wildman–Crippen MR) is 109 cm³/mol. The average molecular weight is 404 g/mol. The van der Waals surface area contributed by atoms with Crippen molar-refractivity contribution >= 4 is 30.7 Å². The fraction of sp³-hybridized carbons (Fsp3) is 0.632. The van der Waals surface area contributed by atoms with Gasteiger partial charge in [-0.15, -0.1) is 24.8 Å². The van der Waals surface area contributed by atoms with Gasteiger partial charge in [-0.1, -0.05) is 31.2 Å². The van der Waals surface area contributed by atoms with Crippen LogP contribution in [0.25, 0.3) is 0 Å². The molecular weight excluding hydrogens is 373 g/mol. The van der Waals surface area contributed by atoms with E-state index in [2.05, 4.69) is 46.7 Å². The van der Waals surface area contributed by atoms with Crippen molar-refractivity contribution in [3.8, 4) is 0 Å². The van der Waals surface area contributed by atoms with Gasteiger partial charge in [0, 0.05) is 32.7 Å². The van der Waals surface area contributed by atoms with E-state index < -0.39 is 0 Å². The SMILES string of the molecule is CC1CCCN(Cc2ccc(CNC(=O)C3CNCCO3)cc2)C1.Cl.Cl. The summed E-state index contributed by atoms with van der Waals surface area (Å²) in [7, 11) is 0. The molecule has 1 amide bonds. The summed E-state index contributed by atoms with van der Waals surface area (Å²) in [6.07, 6.45) is 2.30. The molecule has 148 valence electrons.